The molecule has 0 fully saturated rings. The van der Waals surface area contributed by atoms with Gasteiger partial charge in [0.05, 0.1) is 0 Å². The van der Waals surface area contributed by atoms with Gasteiger partial charge in [0.2, 0.25) is 5.96 Å². The van der Waals surface area contributed by atoms with E-state index in [1.165, 1.54) is 5.56 Å². The SMILES string of the molecule is CCOCCCN=C(NN)N(CC)c1cccc(C)c1. The lowest BCUT2D eigenvalue weighted by atomic mass is 10.2. The quantitative estimate of drug-likeness (QED) is 0.263. The van der Waals surface area contributed by atoms with Crippen LogP contribution in [0.2, 0.25) is 0 Å². The molecule has 0 spiro atoms. The van der Waals surface area contributed by atoms with Crippen LogP contribution in [-0.2, 0) is 4.74 Å². The van der Waals surface area contributed by atoms with E-state index in [2.05, 4.69) is 47.4 Å². The highest BCUT2D eigenvalue weighted by molar-refractivity contribution is 5.95. The third-order valence-corrected chi connectivity index (χ3v) is 2.93. The summed E-state index contributed by atoms with van der Waals surface area (Å²) in [5.41, 5.74) is 5.01. The van der Waals surface area contributed by atoms with E-state index in [1.54, 1.807) is 0 Å². The molecule has 1 rings (SSSR count). The zero-order valence-corrected chi connectivity index (χ0v) is 12.7. The third-order valence-electron chi connectivity index (χ3n) is 2.93. The predicted molar refractivity (Wildman–Crippen MR) is 84.9 cm³/mol. The van der Waals surface area contributed by atoms with Gasteiger partial charge in [-0.25, -0.2) is 5.84 Å². The van der Waals surface area contributed by atoms with E-state index in [-0.39, 0.29) is 0 Å². The lowest BCUT2D eigenvalue weighted by molar-refractivity contribution is 0.146. The maximum atomic E-state index is 5.61. The van der Waals surface area contributed by atoms with Crippen molar-refractivity contribution >= 4 is 11.6 Å². The van der Waals surface area contributed by atoms with Crippen LogP contribution in [0, 0.1) is 6.92 Å². The average molecular weight is 278 g/mol. The molecule has 0 heterocycles. The van der Waals surface area contributed by atoms with Gasteiger partial charge in [0, 0.05) is 32.0 Å². The summed E-state index contributed by atoms with van der Waals surface area (Å²) in [6, 6.07) is 8.29. The largest absolute Gasteiger partial charge is 0.382 e. The second-order valence-corrected chi connectivity index (χ2v) is 4.48. The molecule has 0 unspecified atom stereocenters. The number of guanidine groups is 1. The highest BCUT2D eigenvalue weighted by Gasteiger charge is 2.10. The summed E-state index contributed by atoms with van der Waals surface area (Å²) in [5, 5.41) is 0. The Labute approximate surface area is 121 Å². The predicted octanol–water partition coefficient (Wildman–Crippen LogP) is 2.07. The first-order valence-electron chi connectivity index (χ1n) is 7.15. The van der Waals surface area contributed by atoms with Gasteiger partial charge in [-0.3, -0.25) is 10.4 Å². The number of hydrogen-bond acceptors (Lipinski definition) is 3. The Balaban J connectivity index is 2.71. The Kier molecular flexibility index (Phi) is 7.69. The van der Waals surface area contributed by atoms with Crippen LogP contribution in [0.25, 0.3) is 0 Å². The minimum Gasteiger partial charge on any atom is -0.382 e. The Hall–Kier alpha value is -1.59. The average Bonchev–Trinajstić information content (AvgIpc) is 2.46. The van der Waals surface area contributed by atoms with Crippen molar-refractivity contribution in [3.63, 3.8) is 0 Å². The smallest absolute Gasteiger partial charge is 0.212 e. The number of anilines is 1. The number of rotatable bonds is 7. The zero-order chi connectivity index (χ0) is 14.8. The molecule has 0 saturated carbocycles. The van der Waals surface area contributed by atoms with Crippen LogP contribution in [-0.4, -0.2) is 32.3 Å². The van der Waals surface area contributed by atoms with Crippen molar-refractivity contribution in [1.82, 2.24) is 5.43 Å². The van der Waals surface area contributed by atoms with E-state index in [4.69, 9.17) is 10.6 Å². The van der Waals surface area contributed by atoms with E-state index in [9.17, 15) is 0 Å². The molecule has 0 amide bonds. The lowest BCUT2D eigenvalue weighted by Gasteiger charge is -2.24. The summed E-state index contributed by atoms with van der Waals surface area (Å²) in [6.07, 6.45) is 0.893. The molecule has 0 aliphatic carbocycles. The maximum absolute atomic E-state index is 5.61. The van der Waals surface area contributed by atoms with Crippen molar-refractivity contribution in [2.75, 3.05) is 31.2 Å². The van der Waals surface area contributed by atoms with Gasteiger partial charge in [-0.15, -0.1) is 0 Å². The standard InChI is InChI=1S/C15H26N4O/c1-4-19(14-9-6-8-13(3)12-14)15(18-16)17-10-7-11-20-5-2/h6,8-9,12H,4-5,7,10-11,16H2,1-3H3,(H,17,18). The third kappa shape index (κ3) is 5.19. The number of benzene rings is 1. The molecule has 20 heavy (non-hydrogen) atoms. The maximum Gasteiger partial charge on any atom is 0.212 e. The van der Waals surface area contributed by atoms with E-state index in [0.29, 0.717) is 12.5 Å². The first kappa shape index (κ1) is 16.5. The number of ether oxygens (including phenoxy) is 1. The Morgan fingerprint density at radius 2 is 2.20 bits per heavy atom. The molecule has 0 atom stereocenters. The number of nitrogens with zero attached hydrogens (tertiary/aromatic N) is 2. The van der Waals surface area contributed by atoms with Crippen LogP contribution in [0.15, 0.2) is 29.3 Å². The second-order valence-electron chi connectivity index (χ2n) is 4.48. The normalized spacial score (nSPS) is 11.5. The molecule has 0 radical (unpaired) electrons. The van der Waals surface area contributed by atoms with Crippen molar-refractivity contribution in [2.45, 2.75) is 27.2 Å². The molecular weight excluding hydrogens is 252 g/mol. The van der Waals surface area contributed by atoms with Crippen molar-refractivity contribution in [3.05, 3.63) is 29.8 Å². The molecule has 0 aliphatic rings. The number of aliphatic imine (C=N–C) groups is 1. The fraction of sp³-hybridized carbons (Fsp3) is 0.533. The lowest BCUT2D eigenvalue weighted by Crippen LogP contribution is -2.45. The molecule has 0 aliphatic heterocycles. The summed E-state index contributed by atoms with van der Waals surface area (Å²) in [7, 11) is 0. The first-order valence-corrected chi connectivity index (χ1v) is 7.15. The van der Waals surface area contributed by atoms with Crippen molar-refractivity contribution < 1.29 is 4.74 Å². The molecule has 0 bridgehead atoms. The Morgan fingerprint density at radius 3 is 2.80 bits per heavy atom. The van der Waals surface area contributed by atoms with Gasteiger partial charge in [0.15, 0.2) is 0 Å². The van der Waals surface area contributed by atoms with E-state index >= 15 is 0 Å². The molecule has 1 aromatic carbocycles. The molecule has 5 nitrogen and oxygen atoms in total. The van der Waals surface area contributed by atoms with Gasteiger partial charge in [0.25, 0.3) is 0 Å². The summed E-state index contributed by atoms with van der Waals surface area (Å²) in [5.74, 6) is 6.30. The minimum absolute atomic E-state index is 0.689. The van der Waals surface area contributed by atoms with Crippen LogP contribution in [0.3, 0.4) is 0 Å². The fourth-order valence-electron chi connectivity index (χ4n) is 1.96. The van der Waals surface area contributed by atoms with Crippen LogP contribution >= 0.6 is 0 Å². The highest BCUT2D eigenvalue weighted by atomic mass is 16.5. The van der Waals surface area contributed by atoms with Crippen LogP contribution in [0.5, 0.6) is 0 Å². The van der Waals surface area contributed by atoms with Gasteiger partial charge < -0.3 is 9.64 Å². The molecule has 112 valence electrons. The molecular formula is C15H26N4O. The Bertz CT molecular complexity index is 420. The number of aryl methyl sites for hydroxylation is 1. The number of nitrogens with one attached hydrogen (secondary N) is 1. The van der Waals surface area contributed by atoms with Crippen molar-refractivity contribution in [1.29, 1.82) is 0 Å². The highest BCUT2D eigenvalue weighted by Crippen LogP contribution is 2.15. The van der Waals surface area contributed by atoms with Crippen LogP contribution < -0.4 is 16.2 Å². The Morgan fingerprint density at radius 1 is 1.40 bits per heavy atom. The van der Waals surface area contributed by atoms with Crippen molar-refractivity contribution in [2.24, 2.45) is 10.8 Å². The molecule has 3 N–H and O–H groups in total. The van der Waals surface area contributed by atoms with E-state index in [0.717, 1.165) is 31.9 Å². The monoisotopic (exact) mass is 278 g/mol. The summed E-state index contributed by atoms with van der Waals surface area (Å²) >= 11 is 0. The molecule has 1 aromatic rings. The first-order chi connectivity index (χ1) is 9.72. The summed E-state index contributed by atoms with van der Waals surface area (Å²) in [6.45, 7) is 9.12. The zero-order valence-electron chi connectivity index (χ0n) is 12.7. The number of hydrazine groups is 1. The topological polar surface area (TPSA) is 62.9 Å². The molecule has 0 saturated heterocycles. The van der Waals surface area contributed by atoms with Gasteiger partial charge in [0.1, 0.15) is 0 Å². The van der Waals surface area contributed by atoms with Gasteiger partial charge >= 0.3 is 0 Å². The van der Waals surface area contributed by atoms with Gasteiger partial charge in [-0.2, -0.15) is 0 Å². The van der Waals surface area contributed by atoms with Crippen molar-refractivity contribution in [3.8, 4) is 0 Å². The number of nitrogens with two attached hydrogens (primary N) is 1. The second kappa shape index (κ2) is 9.34. The summed E-state index contributed by atoms with van der Waals surface area (Å²) < 4.78 is 5.30. The summed E-state index contributed by atoms with van der Waals surface area (Å²) in [4.78, 5) is 6.58. The van der Waals surface area contributed by atoms with Crippen LogP contribution in [0.4, 0.5) is 5.69 Å². The van der Waals surface area contributed by atoms with E-state index in [1.807, 2.05) is 13.0 Å². The van der Waals surface area contributed by atoms with Gasteiger partial charge in [-0.05, 0) is 44.9 Å². The van der Waals surface area contributed by atoms with Crippen LogP contribution in [0.1, 0.15) is 25.8 Å². The molecule has 5 heteroatoms. The van der Waals surface area contributed by atoms with Gasteiger partial charge in [-0.1, -0.05) is 12.1 Å². The van der Waals surface area contributed by atoms with E-state index < -0.39 is 0 Å². The fourth-order valence-corrected chi connectivity index (χ4v) is 1.96. The molecule has 0 aromatic heterocycles. The minimum atomic E-state index is 0.689. The number of hydrogen-bond donors (Lipinski definition) is 2.